The van der Waals surface area contributed by atoms with E-state index in [0.717, 1.165) is 51.6 Å². The lowest BCUT2D eigenvalue weighted by Gasteiger charge is -2.40. The van der Waals surface area contributed by atoms with Crippen molar-refractivity contribution in [3.8, 4) is 0 Å². The highest BCUT2D eigenvalue weighted by Crippen LogP contribution is 2.38. The van der Waals surface area contributed by atoms with Gasteiger partial charge in [-0.3, -0.25) is 4.79 Å². The predicted molar refractivity (Wildman–Crippen MR) is 142 cm³/mol. The number of halogens is 1. The number of aryl methyl sites for hydroxylation is 1. The molecule has 3 rings (SSSR count). The van der Waals surface area contributed by atoms with Gasteiger partial charge in [-0.25, -0.2) is 0 Å². The molecule has 1 fully saturated rings. The molecule has 1 aliphatic carbocycles. The second kappa shape index (κ2) is 12.2. The highest BCUT2D eigenvalue weighted by atomic mass is 35.5. The minimum atomic E-state index is 0.0311. The Labute approximate surface area is 210 Å². The standard InChI is InChI=1S/C29H41ClN2O2/c1-29(2,3)20-32(28(34)23-8-12-25(30)13-9-23)26-14-10-22(11-15-26)27-16-7-21(6-5-17-33)18-24(27)19-31-4/h7-9,12-13,16,18,22,26,31,33H,5-6,10-11,14-15,17,19-20H2,1-4H3/t22-,26-. The number of carbonyl (C=O) groups is 1. The largest absolute Gasteiger partial charge is 0.396 e. The Morgan fingerprint density at radius 1 is 1.09 bits per heavy atom. The van der Waals surface area contributed by atoms with Crippen LogP contribution in [0.1, 0.15) is 85.8 Å². The van der Waals surface area contributed by atoms with Crippen LogP contribution in [0.2, 0.25) is 5.02 Å². The van der Waals surface area contributed by atoms with E-state index in [2.05, 4.69) is 49.2 Å². The second-order valence-corrected chi connectivity index (χ2v) is 11.3. The van der Waals surface area contributed by atoms with Gasteiger partial charge in [-0.1, -0.05) is 50.6 Å². The highest BCUT2D eigenvalue weighted by Gasteiger charge is 2.33. The van der Waals surface area contributed by atoms with Gasteiger partial charge in [0, 0.05) is 36.3 Å². The van der Waals surface area contributed by atoms with E-state index in [0.29, 0.717) is 16.5 Å². The maximum Gasteiger partial charge on any atom is 0.254 e. The van der Waals surface area contributed by atoms with Crippen LogP contribution < -0.4 is 5.32 Å². The number of hydrogen-bond donors (Lipinski definition) is 2. The van der Waals surface area contributed by atoms with Gasteiger partial charge in [-0.05, 0) is 97.9 Å². The van der Waals surface area contributed by atoms with Crippen molar-refractivity contribution in [1.82, 2.24) is 10.2 Å². The number of nitrogens with zero attached hydrogens (tertiary/aromatic N) is 1. The van der Waals surface area contributed by atoms with Gasteiger partial charge in [0.25, 0.3) is 5.91 Å². The maximum absolute atomic E-state index is 13.5. The van der Waals surface area contributed by atoms with Crippen LogP contribution in [0.15, 0.2) is 42.5 Å². The maximum atomic E-state index is 13.5. The van der Waals surface area contributed by atoms with Gasteiger partial charge in [0.15, 0.2) is 0 Å². The Kier molecular flexibility index (Phi) is 9.58. The van der Waals surface area contributed by atoms with Crippen LogP contribution in [-0.4, -0.2) is 42.2 Å². The molecule has 2 aromatic carbocycles. The Hall–Kier alpha value is -1.88. The van der Waals surface area contributed by atoms with E-state index in [1.165, 1.54) is 16.7 Å². The molecule has 4 nitrogen and oxygen atoms in total. The van der Waals surface area contributed by atoms with Crippen molar-refractivity contribution in [2.24, 2.45) is 5.41 Å². The summed E-state index contributed by atoms with van der Waals surface area (Å²) in [5, 5.41) is 13.2. The highest BCUT2D eigenvalue weighted by molar-refractivity contribution is 6.30. The summed E-state index contributed by atoms with van der Waals surface area (Å²) in [7, 11) is 1.99. The van der Waals surface area contributed by atoms with E-state index in [1.54, 1.807) is 12.1 Å². The summed E-state index contributed by atoms with van der Waals surface area (Å²) in [6, 6.07) is 14.4. The summed E-state index contributed by atoms with van der Waals surface area (Å²) < 4.78 is 0. The van der Waals surface area contributed by atoms with Gasteiger partial charge in [-0.2, -0.15) is 0 Å². The number of nitrogens with one attached hydrogen (secondary N) is 1. The summed E-state index contributed by atoms with van der Waals surface area (Å²) in [5.41, 5.74) is 4.84. The second-order valence-electron chi connectivity index (χ2n) is 10.9. The molecule has 1 amide bonds. The first kappa shape index (κ1) is 26.7. The molecule has 1 saturated carbocycles. The van der Waals surface area contributed by atoms with Crippen LogP contribution in [0.25, 0.3) is 0 Å². The van der Waals surface area contributed by atoms with E-state index in [-0.39, 0.29) is 24.0 Å². The first-order valence-electron chi connectivity index (χ1n) is 12.7. The van der Waals surface area contributed by atoms with Crippen LogP contribution in [0, 0.1) is 5.41 Å². The average molecular weight is 485 g/mol. The first-order valence-corrected chi connectivity index (χ1v) is 13.0. The first-order chi connectivity index (χ1) is 16.2. The molecule has 0 heterocycles. The van der Waals surface area contributed by atoms with E-state index in [4.69, 9.17) is 11.6 Å². The van der Waals surface area contributed by atoms with Crippen LogP contribution in [0.5, 0.6) is 0 Å². The van der Waals surface area contributed by atoms with E-state index < -0.39 is 0 Å². The van der Waals surface area contributed by atoms with Crippen LogP contribution >= 0.6 is 11.6 Å². The molecule has 34 heavy (non-hydrogen) atoms. The molecular formula is C29H41ClN2O2. The van der Waals surface area contributed by atoms with Gasteiger partial charge in [0.05, 0.1) is 0 Å². The lowest BCUT2D eigenvalue weighted by molar-refractivity contribution is 0.0534. The molecule has 2 N–H and O–H groups in total. The molecule has 5 heteroatoms. The molecule has 1 aliphatic rings. The van der Waals surface area contributed by atoms with Crippen molar-refractivity contribution >= 4 is 17.5 Å². The van der Waals surface area contributed by atoms with Crippen LogP contribution in [0.3, 0.4) is 0 Å². The van der Waals surface area contributed by atoms with Gasteiger partial charge in [0.2, 0.25) is 0 Å². The van der Waals surface area contributed by atoms with Crippen molar-refractivity contribution in [3.05, 3.63) is 69.7 Å². The Morgan fingerprint density at radius 2 is 1.76 bits per heavy atom. The SMILES string of the molecule is CNCc1cc(CCCO)ccc1[C@H]1CC[C@H](N(CC(C)(C)C)C(=O)c2ccc(Cl)cc2)CC1. The molecule has 2 aromatic rings. The Balaban J connectivity index is 1.75. The van der Waals surface area contributed by atoms with E-state index >= 15 is 0 Å². The van der Waals surface area contributed by atoms with Gasteiger partial charge >= 0.3 is 0 Å². The fourth-order valence-corrected chi connectivity index (χ4v) is 5.30. The monoisotopic (exact) mass is 484 g/mol. The van der Waals surface area contributed by atoms with Gasteiger partial charge in [0.1, 0.15) is 0 Å². The van der Waals surface area contributed by atoms with E-state index in [1.807, 2.05) is 19.2 Å². The van der Waals surface area contributed by atoms with Gasteiger partial charge in [-0.15, -0.1) is 0 Å². The number of benzene rings is 2. The predicted octanol–water partition coefficient (Wildman–Crippen LogP) is 6.20. The summed E-state index contributed by atoms with van der Waals surface area (Å²) in [4.78, 5) is 15.6. The summed E-state index contributed by atoms with van der Waals surface area (Å²) >= 11 is 6.05. The number of aliphatic hydroxyl groups excluding tert-OH is 1. The lowest BCUT2D eigenvalue weighted by atomic mass is 9.78. The van der Waals surface area contributed by atoms with Crippen molar-refractivity contribution in [1.29, 1.82) is 0 Å². The average Bonchev–Trinajstić information content (AvgIpc) is 2.81. The smallest absolute Gasteiger partial charge is 0.254 e. The summed E-state index contributed by atoms with van der Waals surface area (Å²) in [5.74, 6) is 0.632. The summed E-state index contributed by atoms with van der Waals surface area (Å²) in [6.45, 7) is 8.42. The fraction of sp³-hybridized carbons (Fsp3) is 0.552. The minimum Gasteiger partial charge on any atom is -0.396 e. The number of hydrogen-bond acceptors (Lipinski definition) is 3. The van der Waals surface area contributed by atoms with Crippen LogP contribution in [-0.2, 0) is 13.0 Å². The molecule has 0 spiro atoms. The molecule has 0 unspecified atom stereocenters. The third-order valence-electron chi connectivity index (χ3n) is 6.77. The fourth-order valence-electron chi connectivity index (χ4n) is 5.17. The molecule has 0 bridgehead atoms. The molecule has 186 valence electrons. The molecule has 0 saturated heterocycles. The topological polar surface area (TPSA) is 52.6 Å². The van der Waals surface area contributed by atoms with Crippen molar-refractivity contribution in [2.45, 2.75) is 77.8 Å². The third kappa shape index (κ3) is 7.31. The number of amides is 1. The van der Waals surface area contributed by atoms with Crippen LogP contribution in [0.4, 0.5) is 0 Å². The minimum absolute atomic E-state index is 0.0311. The normalized spacial score (nSPS) is 18.6. The van der Waals surface area contributed by atoms with Crippen molar-refractivity contribution in [3.63, 3.8) is 0 Å². The summed E-state index contributed by atoms with van der Waals surface area (Å²) in [6.07, 6.45) is 5.93. The Morgan fingerprint density at radius 3 is 2.35 bits per heavy atom. The lowest BCUT2D eigenvalue weighted by Crippen LogP contribution is -2.46. The zero-order valence-corrected chi connectivity index (χ0v) is 22.0. The molecular weight excluding hydrogens is 444 g/mol. The Bertz CT molecular complexity index is 928. The quantitative estimate of drug-likeness (QED) is 0.445. The number of rotatable bonds is 9. The van der Waals surface area contributed by atoms with Crippen molar-refractivity contribution < 1.29 is 9.90 Å². The third-order valence-corrected chi connectivity index (χ3v) is 7.02. The van der Waals surface area contributed by atoms with Crippen molar-refractivity contribution in [2.75, 3.05) is 20.2 Å². The molecule has 0 atom stereocenters. The number of aliphatic hydroxyl groups is 1. The number of carbonyl (C=O) groups excluding carboxylic acids is 1. The molecule has 0 radical (unpaired) electrons. The molecule has 0 aromatic heterocycles. The molecule has 0 aliphatic heterocycles. The van der Waals surface area contributed by atoms with Gasteiger partial charge < -0.3 is 15.3 Å². The van der Waals surface area contributed by atoms with E-state index in [9.17, 15) is 9.90 Å². The zero-order valence-electron chi connectivity index (χ0n) is 21.2. The zero-order chi connectivity index (χ0) is 24.7.